The highest BCUT2D eigenvalue weighted by molar-refractivity contribution is 7.92. The average molecular weight is 450 g/mol. The van der Waals surface area contributed by atoms with Gasteiger partial charge in [-0.25, -0.2) is 21.6 Å². The van der Waals surface area contributed by atoms with Gasteiger partial charge >= 0.3 is 0 Å². The first-order valence-electron chi connectivity index (χ1n) is 10.1. The molecule has 2 N–H and O–H groups in total. The summed E-state index contributed by atoms with van der Waals surface area (Å²) in [5, 5.41) is 0. The Morgan fingerprint density at radius 1 is 0.833 bits per heavy atom. The highest BCUT2D eigenvalue weighted by Crippen LogP contribution is 2.29. The number of anilines is 1. The molecule has 7 nitrogen and oxygen atoms in total. The Hall–Kier alpha value is -1.94. The van der Waals surface area contributed by atoms with Gasteiger partial charge in [-0.05, 0) is 93.2 Å². The number of nitrogens with zero attached hydrogens (tertiary/aromatic N) is 1. The SMILES string of the molecule is Cc1ccc(S(=O)(=O)Nc2ccc(S(=O)(=O)NC3CN4CCC3CC4)cc2)cc1C. The quantitative estimate of drug-likeness (QED) is 0.706. The molecule has 1 unspecified atom stereocenters. The van der Waals surface area contributed by atoms with Crippen LogP contribution < -0.4 is 9.44 Å². The zero-order chi connectivity index (χ0) is 21.5. The van der Waals surface area contributed by atoms with Crippen molar-refractivity contribution in [1.29, 1.82) is 0 Å². The molecule has 9 heteroatoms. The van der Waals surface area contributed by atoms with E-state index in [4.69, 9.17) is 0 Å². The largest absolute Gasteiger partial charge is 0.302 e. The van der Waals surface area contributed by atoms with Crippen LogP contribution in [0.1, 0.15) is 24.0 Å². The van der Waals surface area contributed by atoms with Crippen molar-refractivity contribution in [2.24, 2.45) is 5.92 Å². The summed E-state index contributed by atoms with van der Waals surface area (Å²) in [4.78, 5) is 2.59. The van der Waals surface area contributed by atoms with E-state index < -0.39 is 20.0 Å². The molecule has 5 rings (SSSR count). The fraction of sp³-hybridized carbons (Fsp3) is 0.429. The monoisotopic (exact) mass is 449 g/mol. The van der Waals surface area contributed by atoms with Crippen LogP contribution in [-0.2, 0) is 20.0 Å². The molecular formula is C21H27N3O4S2. The van der Waals surface area contributed by atoms with Gasteiger partial charge < -0.3 is 4.90 Å². The minimum absolute atomic E-state index is 0.0690. The smallest absolute Gasteiger partial charge is 0.261 e. The lowest BCUT2D eigenvalue weighted by atomic mass is 9.85. The number of benzene rings is 2. The molecule has 3 fully saturated rings. The van der Waals surface area contributed by atoms with Crippen molar-refractivity contribution in [1.82, 2.24) is 9.62 Å². The third-order valence-electron chi connectivity index (χ3n) is 6.17. The Morgan fingerprint density at radius 3 is 2.03 bits per heavy atom. The Balaban J connectivity index is 1.47. The van der Waals surface area contributed by atoms with Gasteiger partial charge in [-0.1, -0.05) is 6.07 Å². The van der Waals surface area contributed by atoms with Crippen LogP contribution in [0.5, 0.6) is 0 Å². The summed E-state index contributed by atoms with van der Waals surface area (Å²) in [6.45, 7) is 6.60. The van der Waals surface area contributed by atoms with Crippen LogP contribution in [0.15, 0.2) is 52.3 Å². The van der Waals surface area contributed by atoms with Crippen LogP contribution in [0.25, 0.3) is 0 Å². The Morgan fingerprint density at radius 2 is 1.47 bits per heavy atom. The van der Waals surface area contributed by atoms with Crippen LogP contribution >= 0.6 is 0 Å². The van der Waals surface area contributed by atoms with Crippen molar-refractivity contribution < 1.29 is 16.8 Å². The fourth-order valence-electron chi connectivity index (χ4n) is 4.16. The number of piperidine rings is 3. The molecule has 2 aromatic carbocycles. The molecule has 0 aliphatic carbocycles. The summed E-state index contributed by atoms with van der Waals surface area (Å²) >= 11 is 0. The standard InChI is InChI=1S/C21H27N3O4S2/c1-15-3-6-20(13-16(15)2)30(27,28)22-18-4-7-19(8-5-18)29(25,26)23-21-14-24-11-9-17(21)10-12-24/h3-8,13,17,21-23H,9-12,14H2,1-2H3. The lowest BCUT2D eigenvalue weighted by molar-refractivity contribution is 0.0827. The second-order valence-electron chi connectivity index (χ2n) is 8.24. The molecule has 0 saturated carbocycles. The minimum Gasteiger partial charge on any atom is -0.302 e. The summed E-state index contributed by atoms with van der Waals surface area (Å²) in [7, 11) is -7.41. The van der Waals surface area contributed by atoms with E-state index in [0.717, 1.165) is 43.6 Å². The zero-order valence-corrected chi connectivity index (χ0v) is 18.8. The van der Waals surface area contributed by atoms with Gasteiger partial charge in [-0.15, -0.1) is 0 Å². The van der Waals surface area contributed by atoms with E-state index >= 15 is 0 Å². The van der Waals surface area contributed by atoms with E-state index in [1.54, 1.807) is 18.2 Å². The molecule has 30 heavy (non-hydrogen) atoms. The third-order valence-corrected chi connectivity index (χ3v) is 9.05. The van der Waals surface area contributed by atoms with Gasteiger partial charge in [0, 0.05) is 18.3 Å². The number of hydrogen-bond acceptors (Lipinski definition) is 5. The van der Waals surface area contributed by atoms with Crippen molar-refractivity contribution >= 4 is 25.7 Å². The maximum Gasteiger partial charge on any atom is 0.261 e. The molecule has 0 spiro atoms. The topological polar surface area (TPSA) is 95.6 Å². The van der Waals surface area contributed by atoms with E-state index in [1.165, 1.54) is 24.3 Å². The molecule has 0 amide bonds. The summed E-state index contributed by atoms with van der Waals surface area (Å²) in [5.41, 5.74) is 2.21. The van der Waals surface area contributed by atoms with E-state index in [-0.39, 0.29) is 15.8 Å². The van der Waals surface area contributed by atoms with Crippen LogP contribution in [0.4, 0.5) is 5.69 Å². The molecular weight excluding hydrogens is 422 g/mol. The van der Waals surface area contributed by atoms with Gasteiger partial charge in [0.1, 0.15) is 0 Å². The Labute approximate surface area is 178 Å². The Kier molecular flexibility index (Phi) is 5.65. The first-order chi connectivity index (χ1) is 14.1. The highest BCUT2D eigenvalue weighted by Gasteiger charge is 2.36. The van der Waals surface area contributed by atoms with Gasteiger partial charge in [0.05, 0.1) is 9.79 Å². The molecule has 3 heterocycles. The van der Waals surface area contributed by atoms with Crippen LogP contribution in [0.3, 0.4) is 0 Å². The number of sulfonamides is 2. The lowest BCUT2D eigenvalue weighted by Gasteiger charge is -2.44. The first kappa shape index (κ1) is 21.3. The van der Waals surface area contributed by atoms with E-state index in [1.807, 2.05) is 13.8 Å². The highest BCUT2D eigenvalue weighted by atomic mass is 32.2. The van der Waals surface area contributed by atoms with Crippen LogP contribution in [0.2, 0.25) is 0 Å². The van der Waals surface area contributed by atoms with Gasteiger partial charge in [0.25, 0.3) is 10.0 Å². The molecule has 3 aliphatic rings. The van der Waals surface area contributed by atoms with Crippen LogP contribution in [0, 0.1) is 19.8 Å². The molecule has 1 atom stereocenters. The molecule has 3 saturated heterocycles. The minimum atomic E-state index is -3.75. The second kappa shape index (κ2) is 7.96. The lowest BCUT2D eigenvalue weighted by Crippen LogP contribution is -2.57. The van der Waals surface area contributed by atoms with Gasteiger partial charge in [-0.2, -0.15) is 0 Å². The first-order valence-corrected chi connectivity index (χ1v) is 13.1. The van der Waals surface area contributed by atoms with Crippen molar-refractivity contribution in [3.05, 3.63) is 53.6 Å². The zero-order valence-electron chi connectivity index (χ0n) is 17.1. The molecule has 2 bridgehead atoms. The fourth-order valence-corrected chi connectivity index (χ4v) is 6.60. The van der Waals surface area contributed by atoms with E-state index in [0.29, 0.717) is 11.6 Å². The van der Waals surface area contributed by atoms with Crippen molar-refractivity contribution in [3.63, 3.8) is 0 Å². The summed E-state index contributed by atoms with van der Waals surface area (Å²) in [6, 6.07) is 10.7. The summed E-state index contributed by atoms with van der Waals surface area (Å²) < 4.78 is 56.2. The van der Waals surface area contributed by atoms with E-state index in [2.05, 4.69) is 14.3 Å². The number of hydrogen-bond donors (Lipinski definition) is 2. The van der Waals surface area contributed by atoms with Gasteiger partial charge in [0.2, 0.25) is 10.0 Å². The number of rotatable bonds is 6. The molecule has 162 valence electrons. The summed E-state index contributed by atoms with van der Waals surface area (Å²) in [6.07, 6.45) is 2.04. The van der Waals surface area contributed by atoms with Crippen molar-refractivity contribution in [2.75, 3.05) is 24.4 Å². The number of nitrogens with one attached hydrogen (secondary N) is 2. The maximum atomic E-state index is 12.8. The molecule has 0 radical (unpaired) electrons. The second-order valence-corrected chi connectivity index (χ2v) is 11.6. The summed E-state index contributed by atoms with van der Waals surface area (Å²) in [5.74, 6) is 0.383. The molecule has 2 aromatic rings. The number of fused-ring (bicyclic) bond motifs is 3. The third kappa shape index (κ3) is 4.39. The van der Waals surface area contributed by atoms with Gasteiger partial charge in [-0.3, -0.25) is 4.72 Å². The van der Waals surface area contributed by atoms with Crippen molar-refractivity contribution in [2.45, 2.75) is 42.5 Å². The predicted octanol–water partition coefficient (Wildman–Crippen LogP) is 2.48. The maximum absolute atomic E-state index is 12.8. The van der Waals surface area contributed by atoms with E-state index in [9.17, 15) is 16.8 Å². The predicted molar refractivity (Wildman–Crippen MR) is 116 cm³/mol. The number of aryl methyl sites for hydroxylation is 2. The Bertz CT molecular complexity index is 1140. The normalized spacial score (nSPS) is 24.0. The van der Waals surface area contributed by atoms with Gasteiger partial charge in [0.15, 0.2) is 0 Å². The molecule has 3 aliphatic heterocycles. The van der Waals surface area contributed by atoms with Crippen LogP contribution in [-0.4, -0.2) is 47.4 Å². The molecule has 0 aromatic heterocycles. The average Bonchev–Trinajstić information content (AvgIpc) is 2.70. The van der Waals surface area contributed by atoms with Crippen molar-refractivity contribution in [3.8, 4) is 0 Å².